The lowest BCUT2D eigenvalue weighted by molar-refractivity contribution is -0.130. The first-order valence-electron chi connectivity index (χ1n) is 9.05. The van der Waals surface area contributed by atoms with Crippen molar-refractivity contribution in [3.8, 4) is 0 Å². The van der Waals surface area contributed by atoms with Gasteiger partial charge in [-0.1, -0.05) is 65.2 Å². The van der Waals surface area contributed by atoms with E-state index in [4.69, 9.17) is 0 Å². The summed E-state index contributed by atoms with van der Waals surface area (Å²) in [6, 6.07) is 0. The van der Waals surface area contributed by atoms with Crippen molar-refractivity contribution < 1.29 is 4.79 Å². The molecule has 0 aromatic rings. The van der Waals surface area contributed by atoms with E-state index >= 15 is 0 Å². The molecule has 0 radical (unpaired) electrons. The number of rotatable bonds is 10. The molecule has 2 heteroatoms. The SMILES string of the molecule is CCCCCCCC(CC)CCN1CCCCCC1=O. The van der Waals surface area contributed by atoms with Gasteiger partial charge in [0, 0.05) is 19.5 Å². The maximum Gasteiger partial charge on any atom is 0.222 e. The zero-order valence-electron chi connectivity index (χ0n) is 13.8. The van der Waals surface area contributed by atoms with Crippen molar-refractivity contribution in [1.82, 2.24) is 4.90 Å². The zero-order chi connectivity index (χ0) is 14.6. The third-order valence-electron chi connectivity index (χ3n) is 4.77. The van der Waals surface area contributed by atoms with E-state index in [0.717, 1.165) is 31.8 Å². The van der Waals surface area contributed by atoms with E-state index in [2.05, 4.69) is 18.7 Å². The molecule has 0 aromatic carbocycles. The second-order valence-electron chi connectivity index (χ2n) is 6.46. The highest BCUT2D eigenvalue weighted by Crippen LogP contribution is 2.20. The molecule has 0 aromatic heterocycles. The van der Waals surface area contributed by atoms with Crippen LogP contribution in [-0.4, -0.2) is 23.9 Å². The molecule has 1 saturated heterocycles. The molecule has 1 rings (SSSR count). The summed E-state index contributed by atoms with van der Waals surface area (Å²) in [6.45, 7) is 6.59. The van der Waals surface area contributed by atoms with Crippen LogP contribution >= 0.6 is 0 Å². The Morgan fingerprint density at radius 2 is 1.80 bits per heavy atom. The van der Waals surface area contributed by atoms with Crippen molar-refractivity contribution in [2.75, 3.05) is 13.1 Å². The smallest absolute Gasteiger partial charge is 0.222 e. The fourth-order valence-corrected chi connectivity index (χ4v) is 3.20. The van der Waals surface area contributed by atoms with Crippen LogP contribution < -0.4 is 0 Å². The van der Waals surface area contributed by atoms with E-state index in [1.807, 2.05) is 0 Å². The maximum atomic E-state index is 12.0. The van der Waals surface area contributed by atoms with Crippen LogP contribution in [0.2, 0.25) is 0 Å². The van der Waals surface area contributed by atoms with Crippen LogP contribution in [0, 0.1) is 5.92 Å². The number of carbonyl (C=O) groups excluding carboxylic acids is 1. The van der Waals surface area contributed by atoms with Crippen molar-refractivity contribution in [3.63, 3.8) is 0 Å². The van der Waals surface area contributed by atoms with E-state index in [0.29, 0.717) is 5.91 Å². The number of carbonyl (C=O) groups is 1. The lowest BCUT2D eigenvalue weighted by Gasteiger charge is -2.23. The highest BCUT2D eigenvalue weighted by atomic mass is 16.2. The summed E-state index contributed by atoms with van der Waals surface area (Å²) < 4.78 is 0. The average molecular weight is 281 g/mol. The van der Waals surface area contributed by atoms with E-state index in [-0.39, 0.29) is 0 Å². The van der Waals surface area contributed by atoms with Crippen LogP contribution in [0.3, 0.4) is 0 Å². The summed E-state index contributed by atoms with van der Waals surface area (Å²) in [6.07, 6.45) is 15.1. The fourth-order valence-electron chi connectivity index (χ4n) is 3.20. The van der Waals surface area contributed by atoms with Crippen LogP contribution in [0.5, 0.6) is 0 Å². The molecule has 118 valence electrons. The van der Waals surface area contributed by atoms with Crippen molar-refractivity contribution in [2.24, 2.45) is 5.92 Å². The molecule has 0 saturated carbocycles. The number of unbranched alkanes of at least 4 members (excludes halogenated alkanes) is 4. The van der Waals surface area contributed by atoms with Crippen LogP contribution in [0.1, 0.15) is 90.9 Å². The fraction of sp³-hybridized carbons (Fsp3) is 0.944. The normalized spacial score (nSPS) is 18.1. The van der Waals surface area contributed by atoms with Gasteiger partial charge >= 0.3 is 0 Å². The third-order valence-corrected chi connectivity index (χ3v) is 4.77. The van der Waals surface area contributed by atoms with Gasteiger partial charge in [-0.2, -0.15) is 0 Å². The van der Waals surface area contributed by atoms with E-state index in [9.17, 15) is 4.79 Å². The molecule has 20 heavy (non-hydrogen) atoms. The van der Waals surface area contributed by atoms with Crippen LogP contribution in [0.15, 0.2) is 0 Å². The Bertz CT molecular complexity index is 252. The summed E-state index contributed by atoms with van der Waals surface area (Å²) in [5, 5.41) is 0. The minimum Gasteiger partial charge on any atom is -0.343 e. The van der Waals surface area contributed by atoms with Gasteiger partial charge in [0.15, 0.2) is 0 Å². The van der Waals surface area contributed by atoms with Crippen LogP contribution in [0.25, 0.3) is 0 Å². The standard InChI is InChI=1S/C18H35NO/c1-3-5-6-7-9-12-17(4-2)14-16-19-15-11-8-10-13-18(19)20/h17H,3-16H2,1-2H3. The van der Waals surface area contributed by atoms with Crippen molar-refractivity contribution in [2.45, 2.75) is 90.9 Å². The Morgan fingerprint density at radius 3 is 2.55 bits per heavy atom. The maximum absolute atomic E-state index is 12.0. The van der Waals surface area contributed by atoms with Crippen molar-refractivity contribution in [1.29, 1.82) is 0 Å². The summed E-state index contributed by atoms with van der Waals surface area (Å²) in [5.74, 6) is 1.23. The summed E-state index contributed by atoms with van der Waals surface area (Å²) >= 11 is 0. The number of nitrogens with zero attached hydrogens (tertiary/aromatic N) is 1. The van der Waals surface area contributed by atoms with Gasteiger partial charge in [-0.25, -0.2) is 0 Å². The first kappa shape index (κ1) is 17.5. The van der Waals surface area contributed by atoms with Gasteiger partial charge in [-0.05, 0) is 25.2 Å². The summed E-state index contributed by atoms with van der Waals surface area (Å²) in [5.41, 5.74) is 0. The molecule has 0 N–H and O–H groups in total. The molecule has 0 bridgehead atoms. The first-order valence-corrected chi connectivity index (χ1v) is 9.05. The van der Waals surface area contributed by atoms with Crippen LogP contribution in [-0.2, 0) is 4.79 Å². The van der Waals surface area contributed by atoms with Crippen molar-refractivity contribution in [3.05, 3.63) is 0 Å². The molecule has 0 spiro atoms. The lowest BCUT2D eigenvalue weighted by Crippen LogP contribution is -2.32. The molecule has 0 aliphatic carbocycles. The van der Waals surface area contributed by atoms with Crippen molar-refractivity contribution >= 4 is 5.91 Å². The molecule has 1 aliphatic heterocycles. The van der Waals surface area contributed by atoms with E-state index < -0.39 is 0 Å². The van der Waals surface area contributed by atoms with Gasteiger partial charge in [0.1, 0.15) is 0 Å². The first-order chi connectivity index (χ1) is 9.77. The highest BCUT2D eigenvalue weighted by Gasteiger charge is 2.17. The molecule has 1 aliphatic rings. The predicted molar refractivity (Wildman–Crippen MR) is 86.8 cm³/mol. The van der Waals surface area contributed by atoms with Gasteiger partial charge in [0.05, 0.1) is 0 Å². The summed E-state index contributed by atoms with van der Waals surface area (Å²) in [7, 11) is 0. The second-order valence-corrected chi connectivity index (χ2v) is 6.46. The Kier molecular flexibility index (Phi) is 9.78. The van der Waals surface area contributed by atoms with Gasteiger partial charge in [0.2, 0.25) is 5.91 Å². The van der Waals surface area contributed by atoms with Gasteiger partial charge in [-0.15, -0.1) is 0 Å². The zero-order valence-corrected chi connectivity index (χ0v) is 13.8. The Balaban J connectivity index is 2.17. The average Bonchev–Trinajstić information content (AvgIpc) is 2.67. The Hall–Kier alpha value is -0.530. The van der Waals surface area contributed by atoms with Gasteiger partial charge in [-0.3, -0.25) is 4.79 Å². The van der Waals surface area contributed by atoms with Gasteiger partial charge in [0.25, 0.3) is 0 Å². The molecular formula is C18H35NO. The highest BCUT2D eigenvalue weighted by molar-refractivity contribution is 5.76. The Morgan fingerprint density at radius 1 is 1.00 bits per heavy atom. The molecule has 1 unspecified atom stereocenters. The minimum absolute atomic E-state index is 0.403. The molecular weight excluding hydrogens is 246 g/mol. The number of likely N-dealkylation sites (tertiary alicyclic amines) is 1. The number of amides is 1. The number of hydrogen-bond donors (Lipinski definition) is 0. The van der Waals surface area contributed by atoms with Crippen LogP contribution in [0.4, 0.5) is 0 Å². The third kappa shape index (κ3) is 7.31. The summed E-state index contributed by atoms with van der Waals surface area (Å²) in [4.78, 5) is 14.1. The molecule has 2 nitrogen and oxygen atoms in total. The predicted octanol–water partition coefficient (Wildman–Crippen LogP) is 5.17. The largest absolute Gasteiger partial charge is 0.343 e. The lowest BCUT2D eigenvalue weighted by atomic mass is 9.94. The molecule has 1 amide bonds. The molecule has 1 atom stereocenters. The van der Waals surface area contributed by atoms with E-state index in [1.165, 1.54) is 64.2 Å². The molecule has 1 heterocycles. The Labute approximate surface area is 126 Å². The van der Waals surface area contributed by atoms with E-state index in [1.54, 1.807) is 0 Å². The number of hydrogen-bond acceptors (Lipinski definition) is 1. The molecule has 1 fully saturated rings. The second kappa shape index (κ2) is 11.2. The van der Waals surface area contributed by atoms with Gasteiger partial charge < -0.3 is 4.90 Å². The monoisotopic (exact) mass is 281 g/mol. The topological polar surface area (TPSA) is 20.3 Å². The minimum atomic E-state index is 0.403. The quantitative estimate of drug-likeness (QED) is 0.506.